The molecule has 0 aromatic carbocycles. The molecule has 0 aliphatic carbocycles. The molecule has 0 N–H and O–H groups in total. The third kappa shape index (κ3) is 3.04. The van der Waals surface area contributed by atoms with Crippen molar-refractivity contribution in [3.8, 4) is 0 Å². The highest BCUT2D eigenvalue weighted by atomic mass is 79.9. The van der Waals surface area contributed by atoms with Crippen LogP contribution in [0.1, 0.15) is 5.56 Å². The van der Waals surface area contributed by atoms with Crippen LogP contribution in [0.4, 0.5) is 0 Å². The standard InChI is InChI=1S/C6H3BrCl3N.BrH/c7-2-3-4(8)1-5(9)11-6(3)10;/h1H,2H2;1H. The second kappa shape index (κ2) is 5.66. The molecule has 0 radical (unpaired) electrons. The second-order valence-electron chi connectivity index (χ2n) is 1.83. The quantitative estimate of drug-likeness (QED) is 0.533. The molecular weight excluding hydrogens is 352 g/mol. The van der Waals surface area contributed by atoms with Crippen LogP contribution >= 0.6 is 67.7 Å². The second-order valence-corrected chi connectivity index (χ2v) is 3.54. The molecule has 68 valence electrons. The van der Waals surface area contributed by atoms with Gasteiger partial charge in [-0.05, 0) is 6.07 Å². The third-order valence-electron chi connectivity index (χ3n) is 1.12. The summed E-state index contributed by atoms with van der Waals surface area (Å²) in [7, 11) is 0. The van der Waals surface area contributed by atoms with Crippen molar-refractivity contribution >= 4 is 67.7 Å². The maximum absolute atomic E-state index is 5.80. The molecule has 0 saturated carbocycles. The van der Waals surface area contributed by atoms with E-state index in [0.717, 1.165) is 5.56 Å². The van der Waals surface area contributed by atoms with Gasteiger partial charge in [-0.3, -0.25) is 0 Å². The van der Waals surface area contributed by atoms with Gasteiger partial charge in [-0.15, -0.1) is 17.0 Å². The summed E-state index contributed by atoms with van der Waals surface area (Å²) >= 11 is 20.3. The topological polar surface area (TPSA) is 12.9 Å². The maximum atomic E-state index is 5.80. The third-order valence-corrected chi connectivity index (χ3v) is 2.53. The Kier molecular flexibility index (Phi) is 6.12. The molecule has 1 heterocycles. The number of hydrogen-bond acceptors (Lipinski definition) is 1. The number of aromatic nitrogens is 1. The molecule has 1 aromatic heterocycles. The van der Waals surface area contributed by atoms with E-state index in [4.69, 9.17) is 34.8 Å². The van der Waals surface area contributed by atoms with Gasteiger partial charge in [0.05, 0.1) is 5.02 Å². The van der Waals surface area contributed by atoms with Crippen molar-refractivity contribution in [2.24, 2.45) is 0 Å². The van der Waals surface area contributed by atoms with Gasteiger partial charge in [-0.2, -0.15) is 0 Å². The lowest BCUT2D eigenvalue weighted by atomic mass is 10.3. The molecule has 0 atom stereocenters. The van der Waals surface area contributed by atoms with E-state index in [-0.39, 0.29) is 17.0 Å². The van der Waals surface area contributed by atoms with Gasteiger partial charge in [0.1, 0.15) is 10.3 Å². The fourth-order valence-corrected chi connectivity index (χ4v) is 2.35. The maximum Gasteiger partial charge on any atom is 0.136 e. The molecule has 0 aliphatic heterocycles. The Bertz CT molecular complexity index is 256. The van der Waals surface area contributed by atoms with Crippen LogP contribution in [0, 0.1) is 0 Å². The first kappa shape index (κ1) is 13.0. The van der Waals surface area contributed by atoms with E-state index < -0.39 is 0 Å². The molecule has 1 aromatic rings. The average Bonchev–Trinajstić information content (AvgIpc) is 1.85. The van der Waals surface area contributed by atoms with Gasteiger partial charge < -0.3 is 0 Å². The molecule has 0 spiro atoms. The Labute approximate surface area is 104 Å². The van der Waals surface area contributed by atoms with E-state index in [9.17, 15) is 0 Å². The smallest absolute Gasteiger partial charge is 0.136 e. The van der Waals surface area contributed by atoms with E-state index in [1.165, 1.54) is 0 Å². The minimum absolute atomic E-state index is 0. The predicted octanol–water partition coefficient (Wildman–Crippen LogP) is 4.51. The summed E-state index contributed by atoms with van der Waals surface area (Å²) in [5, 5.41) is 1.77. The summed E-state index contributed by atoms with van der Waals surface area (Å²) in [4.78, 5) is 3.82. The van der Waals surface area contributed by atoms with Crippen molar-refractivity contribution in [1.29, 1.82) is 0 Å². The van der Waals surface area contributed by atoms with Crippen molar-refractivity contribution in [3.05, 3.63) is 27.0 Å². The average molecular weight is 356 g/mol. The lowest BCUT2D eigenvalue weighted by Gasteiger charge is -2.01. The Hall–Kier alpha value is 0.980. The lowest BCUT2D eigenvalue weighted by Crippen LogP contribution is -1.86. The monoisotopic (exact) mass is 353 g/mol. The Balaban J connectivity index is 0.00000121. The molecule has 0 unspecified atom stereocenters. The van der Waals surface area contributed by atoms with Crippen molar-refractivity contribution < 1.29 is 0 Å². The SMILES string of the molecule is Br.Clc1cc(Cl)c(CBr)c(Cl)n1. The molecule has 12 heavy (non-hydrogen) atoms. The Morgan fingerprint density at radius 1 is 1.33 bits per heavy atom. The van der Waals surface area contributed by atoms with Crippen LogP contribution in [0.2, 0.25) is 15.3 Å². The minimum Gasteiger partial charge on any atom is -0.224 e. The van der Waals surface area contributed by atoms with E-state index in [1.54, 1.807) is 6.07 Å². The first-order chi connectivity index (χ1) is 5.15. The zero-order valence-corrected chi connectivity index (χ0v) is 11.2. The van der Waals surface area contributed by atoms with Crippen molar-refractivity contribution in [1.82, 2.24) is 4.98 Å². The van der Waals surface area contributed by atoms with Crippen LogP contribution < -0.4 is 0 Å². The van der Waals surface area contributed by atoms with Gasteiger partial charge in [0.25, 0.3) is 0 Å². The van der Waals surface area contributed by atoms with E-state index in [1.807, 2.05) is 0 Å². The normalized spacial score (nSPS) is 9.33. The number of nitrogens with zero attached hydrogens (tertiary/aromatic N) is 1. The molecule has 0 saturated heterocycles. The van der Waals surface area contributed by atoms with Gasteiger partial charge in [-0.25, -0.2) is 4.98 Å². The van der Waals surface area contributed by atoms with Crippen LogP contribution in [-0.4, -0.2) is 4.98 Å². The number of halogens is 5. The van der Waals surface area contributed by atoms with E-state index >= 15 is 0 Å². The van der Waals surface area contributed by atoms with Crippen LogP contribution in [0.15, 0.2) is 6.07 Å². The van der Waals surface area contributed by atoms with Gasteiger partial charge in [0, 0.05) is 10.9 Å². The highest BCUT2D eigenvalue weighted by Crippen LogP contribution is 2.27. The van der Waals surface area contributed by atoms with Gasteiger partial charge in [0.2, 0.25) is 0 Å². The molecule has 1 nitrogen and oxygen atoms in total. The Morgan fingerprint density at radius 3 is 2.33 bits per heavy atom. The van der Waals surface area contributed by atoms with Crippen LogP contribution in [-0.2, 0) is 5.33 Å². The molecule has 6 heteroatoms. The first-order valence-electron chi connectivity index (χ1n) is 2.71. The first-order valence-corrected chi connectivity index (χ1v) is 4.97. The number of hydrogen-bond donors (Lipinski definition) is 0. The van der Waals surface area contributed by atoms with Crippen molar-refractivity contribution in [2.45, 2.75) is 5.33 Å². The van der Waals surface area contributed by atoms with E-state index in [0.29, 0.717) is 20.7 Å². The lowest BCUT2D eigenvalue weighted by molar-refractivity contribution is 1.26. The van der Waals surface area contributed by atoms with Crippen LogP contribution in [0.5, 0.6) is 0 Å². The van der Waals surface area contributed by atoms with Crippen LogP contribution in [0.3, 0.4) is 0 Å². The highest BCUT2D eigenvalue weighted by molar-refractivity contribution is 9.08. The molecule has 0 fully saturated rings. The summed E-state index contributed by atoms with van der Waals surface area (Å²) in [6.07, 6.45) is 0. The fraction of sp³-hybridized carbons (Fsp3) is 0.167. The predicted molar refractivity (Wildman–Crippen MR) is 62.2 cm³/mol. The van der Waals surface area contributed by atoms with Crippen molar-refractivity contribution in [3.63, 3.8) is 0 Å². The summed E-state index contributed by atoms with van der Waals surface area (Å²) in [5.41, 5.74) is 0.762. The number of alkyl halides is 1. The molecule has 0 amide bonds. The minimum atomic E-state index is 0. The van der Waals surface area contributed by atoms with Gasteiger partial charge >= 0.3 is 0 Å². The molecule has 0 aliphatic rings. The fourth-order valence-electron chi connectivity index (χ4n) is 0.603. The largest absolute Gasteiger partial charge is 0.224 e. The highest BCUT2D eigenvalue weighted by Gasteiger charge is 2.06. The van der Waals surface area contributed by atoms with Gasteiger partial charge in [-0.1, -0.05) is 50.7 Å². The molecule has 0 bridgehead atoms. The summed E-state index contributed by atoms with van der Waals surface area (Å²) < 4.78 is 0. The summed E-state index contributed by atoms with van der Waals surface area (Å²) in [6, 6.07) is 1.56. The van der Waals surface area contributed by atoms with Crippen LogP contribution in [0.25, 0.3) is 0 Å². The number of rotatable bonds is 1. The van der Waals surface area contributed by atoms with Gasteiger partial charge in [0.15, 0.2) is 0 Å². The van der Waals surface area contributed by atoms with Crippen molar-refractivity contribution in [2.75, 3.05) is 0 Å². The number of pyridine rings is 1. The summed E-state index contributed by atoms with van der Waals surface area (Å²) in [6.45, 7) is 0. The summed E-state index contributed by atoms with van der Waals surface area (Å²) in [5.74, 6) is 0. The van der Waals surface area contributed by atoms with E-state index in [2.05, 4.69) is 20.9 Å². The zero-order valence-electron chi connectivity index (χ0n) is 5.65. The molecule has 1 rings (SSSR count). The zero-order chi connectivity index (χ0) is 8.43. The molecular formula is C6H4Br2Cl3N. The Morgan fingerprint density at radius 2 is 1.92 bits per heavy atom.